The van der Waals surface area contributed by atoms with Crippen LogP contribution < -0.4 is 47.6 Å². The molecule has 0 aliphatic heterocycles. The molecule has 4 rings (SSSR count). The van der Waals surface area contributed by atoms with Gasteiger partial charge in [-0.15, -0.1) is 0 Å². The number of nitrogens with one attached hydrogen (secondary N) is 3. The van der Waals surface area contributed by atoms with E-state index in [-0.39, 0.29) is 130 Å². The monoisotopic (exact) mass is 892 g/mol. The van der Waals surface area contributed by atoms with E-state index in [1.54, 1.807) is 0 Å². The van der Waals surface area contributed by atoms with Crippen molar-refractivity contribution in [3.8, 4) is 17.2 Å². The van der Waals surface area contributed by atoms with Crippen LogP contribution in [0, 0.1) is 53.4 Å². The van der Waals surface area contributed by atoms with Crippen LogP contribution in [0.1, 0.15) is 50.7 Å². The number of nitrogens with zero attached hydrogens (tertiary/aromatic N) is 3. The summed E-state index contributed by atoms with van der Waals surface area (Å²) in [6, 6.07) is 3.24. The van der Waals surface area contributed by atoms with Crippen molar-refractivity contribution >= 4 is 17.7 Å². The standard InChI is InChI=1S/C36H48N6O12.La/c1-52-13-10-40-7-4-25(43)31(46)28(40)34(49)37-19-22-16-23(20-38-35(50)29-32(47)26(44)5-8-41(29)11-14-53-2)18-24(17-22)21-39-36(51)30-33(48)27(45)6-9-42(30)12-15-54-3;/h4-9,22-24,46-48H,10-21H2,1-3H3,(H,37,49)(H,38,50)(H,39,51);/q;+3/p-3. The summed E-state index contributed by atoms with van der Waals surface area (Å²) in [7, 11) is 4.38. The molecule has 0 unspecified atom stereocenters. The Bertz CT molecular complexity index is 1750. The van der Waals surface area contributed by atoms with Gasteiger partial charge in [-0.25, -0.2) is 0 Å². The van der Waals surface area contributed by atoms with Crippen LogP contribution in [0.3, 0.4) is 0 Å². The Kier molecular flexibility index (Phi) is 17.8. The van der Waals surface area contributed by atoms with Crippen molar-refractivity contribution in [2.24, 2.45) is 17.8 Å². The van der Waals surface area contributed by atoms with Gasteiger partial charge in [0.1, 0.15) is 17.1 Å². The van der Waals surface area contributed by atoms with Crippen molar-refractivity contribution in [1.29, 1.82) is 0 Å². The van der Waals surface area contributed by atoms with Gasteiger partial charge in [-0.2, -0.15) is 0 Å². The predicted molar refractivity (Wildman–Crippen MR) is 187 cm³/mol. The fourth-order valence-electron chi connectivity index (χ4n) is 6.66. The smallest absolute Gasteiger partial charge is 0.868 e. The molecule has 1 saturated carbocycles. The second-order valence-electron chi connectivity index (χ2n) is 13.1. The van der Waals surface area contributed by atoms with Gasteiger partial charge >= 0.3 is 35.6 Å². The summed E-state index contributed by atoms with van der Waals surface area (Å²) in [4.78, 5) is 76.4. The summed E-state index contributed by atoms with van der Waals surface area (Å²) in [5.74, 6) is -5.87. The van der Waals surface area contributed by atoms with Crippen molar-refractivity contribution in [1.82, 2.24) is 29.7 Å². The first kappa shape index (κ1) is 45.1. The van der Waals surface area contributed by atoms with Crippen LogP contribution in [0.15, 0.2) is 51.2 Å². The number of hydrogen-bond acceptors (Lipinski definition) is 12. The number of methoxy groups -OCH3 is 3. The van der Waals surface area contributed by atoms with Gasteiger partial charge in [0.2, 0.25) is 0 Å². The number of carbonyl (C=O) groups excluding carboxylic acids is 3. The summed E-state index contributed by atoms with van der Waals surface area (Å²) in [6.45, 7) is 1.22. The van der Waals surface area contributed by atoms with Crippen LogP contribution in [0.25, 0.3) is 0 Å². The number of carbonyl (C=O) groups is 3. The molecule has 0 saturated heterocycles. The topological polar surface area (TPSA) is 250 Å². The summed E-state index contributed by atoms with van der Waals surface area (Å²) in [5, 5.41) is 46.4. The molecule has 3 N–H and O–H groups in total. The molecule has 3 aromatic heterocycles. The molecular formula is C36H45LaN6O12. The molecule has 0 radical (unpaired) electrons. The van der Waals surface area contributed by atoms with Crippen molar-refractivity contribution in [3.63, 3.8) is 0 Å². The zero-order chi connectivity index (χ0) is 39.4. The molecule has 3 amide bonds. The summed E-state index contributed by atoms with van der Waals surface area (Å²) >= 11 is 0. The zero-order valence-corrected chi connectivity index (χ0v) is 34.6. The number of rotatable bonds is 18. The maximum Gasteiger partial charge on any atom is 3.00 e. The number of amides is 3. The van der Waals surface area contributed by atoms with Crippen LogP contribution in [-0.4, -0.2) is 92.2 Å². The molecule has 1 fully saturated rings. The van der Waals surface area contributed by atoms with Crippen LogP contribution in [0.5, 0.6) is 17.2 Å². The Balaban J connectivity index is 0.00000812. The quantitative estimate of drug-likeness (QED) is 0.125. The number of pyridine rings is 3. The Morgan fingerprint density at radius 2 is 0.818 bits per heavy atom. The van der Waals surface area contributed by atoms with Crippen LogP contribution in [-0.2, 0) is 33.8 Å². The molecular weight excluding hydrogens is 847 g/mol. The Morgan fingerprint density at radius 1 is 0.564 bits per heavy atom. The number of ether oxygens (including phenoxy) is 3. The first-order valence-electron chi connectivity index (χ1n) is 17.4. The van der Waals surface area contributed by atoms with Crippen LogP contribution in [0.4, 0.5) is 0 Å². The predicted octanol–water partition coefficient (Wildman–Crippen LogP) is -2.05. The van der Waals surface area contributed by atoms with E-state index in [4.69, 9.17) is 14.2 Å². The second-order valence-corrected chi connectivity index (χ2v) is 13.1. The average molecular weight is 893 g/mol. The van der Waals surface area contributed by atoms with Gasteiger partial charge in [0.15, 0.2) is 16.3 Å². The van der Waals surface area contributed by atoms with Gasteiger partial charge < -0.3 is 59.2 Å². The molecule has 0 spiro atoms. The fourth-order valence-corrected chi connectivity index (χ4v) is 6.66. The van der Waals surface area contributed by atoms with E-state index in [1.165, 1.54) is 53.6 Å². The average Bonchev–Trinajstić information content (AvgIpc) is 3.16. The molecule has 1 aliphatic rings. The number of hydrogen-bond donors (Lipinski definition) is 3. The zero-order valence-electron chi connectivity index (χ0n) is 31.0. The molecule has 19 heteroatoms. The number of aromatic nitrogens is 3. The molecule has 55 heavy (non-hydrogen) atoms. The summed E-state index contributed by atoms with van der Waals surface area (Å²) in [6.07, 6.45) is 5.44. The van der Waals surface area contributed by atoms with Crippen molar-refractivity contribution in [2.75, 3.05) is 60.8 Å². The van der Waals surface area contributed by atoms with Gasteiger partial charge in [0.25, 0.3) is 17.7 Å². The Hall–Kier alpha value is -4.27. The van der Waals surface area contributed by atoms with E-state index < -0.39 is 51.3 Å². The molecule has 18 nitrogen and oxygen atoms in total. The van der Waals surface area contributed by atoms with Gasteiger partial charge in [-0.05, 0) is 54.3 Å². The van der Waals surface area contributed by atoms with Gasteiger partial charge in [0, 0.05) is 97.4 Å². The minimum atomic E-state index is -0.957. The molecule has 0 atom stereocenters. The molecule has 0 bridgehead atoms. The van der Waals surface area contributed by atoms with E-state index in [0.717, 1.165) is 18.2 Å². The largest absolute Gasteiger partial charge is 3.00 e. The van der Waals surface area contributed by atoms with E-state index in [1.807, 2.05) is 0 Å². The third-order valence-electron chi connectivity index (χ3n) is 9.30. The maximum atomic E-state index is 13.3. The minimum absolute atomic E-state index is 0. The first-order valence-corrected chi connectivity index (χ1v) is 17.4. The van der Waals surface area contributed by atoms with E-state index in [2.05, 4.69) is 16.0 Å². The second kappa shape index (κ2) is 21.7. The Morgan fingerprint density at radius 3 is 1.05 bits per heavy atom. The molecule has 3 heterocycles. The van der Waals surface area contributed by atoms with Gasteiger partial charge in [0.05, 0.1) is 19.8 Å². The first-order chi connectivity index (χ1) is 25.9. The minimum Gasteiger partial charge on any atom is -0.868 e. The molecule has 294 valence electrons. The maximum absolute atomic E-state index is 13.3. The van der Waals surface area contributed by atoms with Gasteiger partial charge in [-0.1, -0.05) is 0 Å². The van der Waals surface area contributed by atoms with Gasteiger partial charge in [-0.3, -0.25) is 28.8 Å². The van der Waals surface area contributed by atoms with E-state index >= 15 is 0 Å². The Labute approximate surface area is 344 Å². The molecule has 1 aliphatic carbocycles. The van der Waals surface area contributed by atoms with Crippen molar-refractivity contribution in [3.05, 3.63) is 84.5 Å². The van der Waals surface area contributed by atoms with Crippen LogP contribution >= 0.6 is 0 Å². The van der Waals surface area contributed by atoms with E-state index in [9.17, 15) is 44.1 Å². The molecule has 0 aromatic carbocycles. The van der Waals surface area contributed by atoms with E-state index in [0.29, 0.717) is 19.3 Å². The summed E-state index contributed by atoms with van der Waals surface area (Å²) < 4.78 is 19.2. The van der Waals surface area contributed by atoms with Crippen LogP contribution in [0.2, 0.25) is 0 Å². The third kappa shape index (κ3) is 11.9. The SMILES string of the molecule is COCCn1ccc(=O)c([O-])c1C(=O)NCC1CC(CNC(=O)c2c([O-])c(=O)ccn2CCOC)CC(CNC(=O)c2c([O-])c(=O)ccn2CCOC)C1.[La+3]. The third-order valence-corrected chi connectivity index (χ3v) is 9.30. The molecule has 3 aromatic rings. The van der Waals surface area contributed by atoms with Crippen molar-refractivity contribution in [2.45, 2.75) is 38.9 Å². The normalized spacial score (nSPS) is 16.5. The summed E-state index contributed by atoms with van der Waals surface area (Å²) in [5.41, 5.74) is -3.52. The fraction of sp³-hybridized carbons (Fsp3) is 0.500. The van der Waals surface area contributed by atoms with Crippen molar-refractivity contribution < 1.29 is 79.5 Å².